The standard InChI is InChI=1S/C13H22F2N2O2/c1-10(12(18)19)17-6-4-16(5-7-17)9-11-2-3-13(14,15)8-11/h10-11H,2-9H2,1H3,(H,18,19). The third-order valence-electron chi connectivity index (χ3n) is 4.33. The summed E-state index contributed by atoms with van der Waals surface area (Å²) in [5, 5.41) is 8.95. The highest BCUT2D eigenvalue weighted by Crippen LogP contribution is 2.39. The number of carboxylic acid groups (broad SMARTS) is 1. The number of aliphatic carboxylic acids is 1. The lowest BCUT2D eigenvalue weighted by molar-refractivity contribution is -0.143. The summed E-state index contributed by atoms with van der Waals surface area (Å²) in [7, 11) is 0. The van der Waals surface area contributed by atoms with Crippen LogP contribution in [-0.4, -0.2) is 65.6 Å². The number of alkyl halides is 2. The molecule has 110 valence electrons. The second-order valence-electron chi connectivity index (χ2n) is 5.82. The maximum atomic E-state index is 13.1. The van der Waals surface area contributed by atoms with E-state index in [9.17, 15) is 13.6 Å². The van der Waals surface area contributed by atoms with Gasteiger partial charge in [0.1, 0.15) is 6.04 Å². The van der Waals surface area contributed by atoms with Crippen LogP contribution in [0.1, 0.15) is 26.2 Å². The van der Waals surface area contributed by atoms with Crippen LogP contribution < -0.4 is 0 Å². The lowest BCUT2D eigenvalue weighted by atomic mass is 10.1. The van der Waals surface area contributed by atoms with Gasteiger partial charge in [-0.25, -0.2) is 8.78 Å². The fourth-order valence-corrected chi connectivity index (χ4v) is 3.05. The molecule has 1 aliphatic heterocycles. The molecule has 0 amide bonds. The van der Waals surface area contributed by atoms with Gasteiger partial charge in [-0.1, -0.05) is 0 Å². The lowest BCUT2D eigenvalue weighted by Gasteiger charge is -2.37. The second-order valence-corrected chi connectivity index (χ2v) is 5.82. The number of carbonyl (C=O) groups is 1. The van der Waals surface area contributed by atoms with Gasteiger partial charge >= 0.3 is 5.97 Å². The lowest BCUT2D eigenvalue weighted by Crippen LogP contribution is -2.52. The molecule has 2 unspecified atom stereocenters. The molecule has 6 heteroatoms. The van der Waals surface area contributed by atoms with E-state index in [1.165, 1.54) is 0 Å². The van der Waals surface area contributed by atoms with Gasteiger partial charge in [-0.3, -0.25) is 9.69 Å². The van der Waals surface area contributed by atoms with Gasteiger partial charge in [-0.05, 0) is 19.3 Å². The molecule has 1 aliphatic carbocycles. The Labute approximate surface area is 112 Å². The zero-order chi connectivity index (χ0) is 14.0. The number of carboxylic acids is 1. The van der Waals surface area contributed by atoms with E-state index in [1.54, 1.807) is 6.92 Å². The zero-order valence-electron chi connectivity index (χ0n) is 11.3. The molecule has 2 fully saturated rings. The fraction of sp³-hybridized carbons (Fsp3) is 0.923. The molecule has 1 saturated heterocycles. The first-order valence-electron chi connectivity index (χ1n) is 6.94. The van der Waals surface area contributed by atoms with Crippen molar-refractivity contribution in [3.05, 3.63) is 0 Å². The summed E-state index contributed by atoms with van der Waals surface area (Å²) in [4.78, 5) is 15.0. The molecule has 1 N–H and O–H groups in total. The van der Waals surface area contributed by atoms with Crippen LogP contribution in [0.5, 0.6) is 0 Å². The summed E-state index contributed by atoms with van der Waals surface area (Å²) >= 11 is 0. The first-order chi connectivity index (χ1) is 8.87. The average molecular weight is 276 g/mol. The van der Waals surface area contributed by atoms with Crippen molar-refractivity contribution < 1.29 is 18.7 Å². The van der Waals surface area contributed by atoms with Crippen molar-refractivity contribution in [1.29, 1.82) is 0 Å². The first-order valence-corrected chi connectivity index (χ1v) is 6.94. The number of halogens is 2. The first kappa shape index (κ1) is 14.7. The zero-order valence-corrected chi connectivity index (χ0v) is 11.3. The van der Waals surface area contributed by atoms with Crippen LogP contribution in [-0.2, 0) is 4.79 Å². The van der Waals surface area contributed by atoms with E-state index in [4.69, 9.17) is 5.11 Å². The van der Waals surface area contributed by atoms with E-state index in [0.29, 0.717) is 19.5 Å². The molecule has 2 aliphatic rings. The Balaban J connectivity index is 1.74. The van der Waals surface area contributed by atoms with Crippen LogP contribution >= 0.6 is 0 Å². The van der Waals surface area contributed by atoms with E-state index < -0.39 is 17.9 Å². The fourth-order valence-electron chi connectivity index (χ4n) is 3.05. The molecular formula is C13H22F2N2O2. The van der Waals surface area contributed by atoms with Gasteiger partial charge in [0, 0.05) is 45.6 Å². The Morgan fingerprint density at radius 2 is 2.00 bits per heavy atom. The molecule has 0 spiro atoms. The molecular weight excluding hydrogens is 254 g/mol. The maximum absolute atomic E-state index is 13.1. The Kier molecular flexibility index (Phi) is 4.40. The maximum Gasteiger partial charge on any atom is 0.320 e. The van der Waals surface area contributed by atoms with Gasteiger partial charge in [-0.2, -0.15) is 0 Å². The van der Waals surface area contributed by atoms with Crippen LogP contribution in [0.3, 0.4) is 0 Å². The smallest absolute Gasteiger partial charge is 0.320 e. The summed E-state index contributed by atoms with van der Waals surface area (Å²) < 4.78 is 26.2. The minimum absolute atomic E-state index is 0.0126. The highest BCUT2D eigenvalue weighted by molar-refractivity contribution is 5.72. The highest BCUT2D eigenvalue weighted by Gasteiger charge is 2.40. The van der Waals surface area contributed by atoms with E-state index in [-0.39, 0.29) is 18.8 Å². The van der Waals surface area contributed by atoms with Crippen molar-refractivity contribution in [2.45, 2.75) is 38.2 Å². The molecule has 0 radical (unpaired) electrons. The van der Waals surface area contributed by atoms with Crippen molar-refractivity contribution in [2.75, 3.05) is 32.7 Å². The summed E-state index contributed by atoms with van der Waals surface area (Å²) in [5.74, 6) is -3.17. The SMILES string of the molecule is CC(C(=O)O)N1CCN(CC2CCC(F)(F)C2)CC1. The van der Waals surface area contributed by atoms with Gasteiger partial charge in [0.25, 0.3) is 0 Å². The predicted octanol–water partition coefficient (Wildman–Crippen LogP) is 1.51. The Morgan fingerprint density at radius 1 is 1.37 bits per heavy atom. The third kappa shape index (κ3) is 3.86. The summed E-state index contributed by atoms with van der Waals surface area (Å²) in [6.07, 6.45) is 0.644. The molecule has 2 rings (SSSR count). The number of hydrogen-bond acceptors (Lipinski definition) is 3. The quantitative estimate of drug-likeness (QED) is 0.845. The summed E-state index contributed by atoms with van der Waals surface area (Å²) in [6.45, 7) is 5.38. The van der Waals surface area contributed by atoms with Crippen LogP contribution in [0, 0.1) is 5.92 Å². The molecule has 1 heterocycles. The number of nitrogens with zero attached hydrogens (tertiary/aromatic N) is 2. The second kappa shape index (κ2) is 5.71. The molecule has 0 bridgehead atoms. The van der Waals surface area contributed by atoms with Crippen molar-refractivity contribution >= 4 is 5.97 Å². The number of rotatable bonds is 4. The van der Waals surface area contributed by atoms with Gasteiger partial charge < -0.3 is 10.0 Å². The van der Waals surface area contributed by atoms with E-state index in [1.807, 2.05) is 4.90 Å². The average Bonchev–Trinajstić information content (AvgIpc) is 2.68. The van der Waals surface area contributed by atoms with E-state index in [0.717, 1.165) is 19.6 Å². The molecule has 4 nitrogen and oxygen atoms in total. The van der Waals surface area contributed by atoms with Gasteiger partial charge in [0.05, 0.1) is 0 Å². The summed E-state index contributed by atoms with van der Waals surface area (Å²) in [6, 6.07) is -0.460. The van der Waals surface area contributed by atoms with Gasteiger partial charge in [0.15, 0.2) is 0 Å². The van der Waals surface area contributed by atoms with Gasteiger partial charge in [-0.15, -0.1) is 0 Å². The van der Waals surface area contributed by atoms with Crippen molar-refractivity contribution in [3.8, 4) is 0 Å². The molecule has 0 aromatic rings. The van der Waals surface area contributed by atoms with E-state index in [2.05, 4.69) is 4.90 Å². The minimum atomic E-state index is -2.47. The highest BCUT2D eigenvalue weighted by atomic mass is 19.3. The Hall–Kier alpha value is -0.750. The molecule has 1 saturated carbocycles. The minimum Gasteiger partial charge on any atom is -0.480 e. The van der Waals surface area contributed by atoms with Crippen LogP contribution in [0.25, 0.3) is 0 Å². The van der Waals surface area contributed by atoms with Crippen molar-refractivity contribution in [3.63, 3.8) is 0 Å². The third-order valence-corrected chi connectivity index (χ3v) is 4.33. The van der Waals surface area contributed by atoms with Crippen LogP contribution in [0.15, 0.2) is 0 Å². The predicted molar refractivity (Wildman–Crippen MR) is 67.4 cm³/mol. The monoisotopic (exact) mass is 276 g/mol. The Morgan fingerprint density at radius 3 is 2.47 bits per heavy atom. The number of piperazine rings is 1. The summed E-state index contributed by atoms with van der Waals surface area (Å²) in [5.41, 5.74) is 0. The Bertz CT molecular complexity index is 331. The van der Waals surface area contributed by atoms with Crippen LogP contribution in [0.2, 0.25) is 0 Å². The van der Waals surface area contributed by atoms with Crippen molar-refractivity contribution in [1.82, 2.24) is 9.80 Å². The van der Waals surface area contributed by atoms with E-state index >= 15 is 0 Å². The van der Waals surface area contributed by atoms with Gasteiger partial charge in [0.2, 0.25) is 5.92 Å². The molecule has 2 atom stereocenters. The largest absolute Gasteiger partial charge is 0.480 e. The number of hydrogen-bond donors (Lipinski definition) is 1. The topological polar surface area (TPSA) is 43.8 Å². The normalized spacial score (nSPS) is 30.4. The molecule has 0 aromatic carbocycles. The molecule has 19 heavy (non-hydrogen) atoms. The van der Waals surface area contributed by atoms with Crippen molar-refractivity contribution in [2.24, 2.45) is 5.92 Å². The molecule has 0 aromatic heterocycles. The van der Waals surface area contributed by atoms with Crippen LogP contribution in [0.4, 0.5) is 8.78 Å².